The van der Waals surface area contributed by atoms with Gasteiger partial charge in [-0.05, 0) is 101 Å². The van der Waals surface area contributed by atoms with Crippen LogP contribution in [0.25, 0.3) is 0 Å². The molecule has 1 N–H and O–H groups in total. The Morgan fingerprint density at radius 3 is 2.48 bits per heavy atom. The summed E-state index contributed by atoms with van der Waals surface area (Å²) in [6, 6.07) is 4.27. The van der Waals surface area contributed by atoms with E-state index in [1.807, 2.05) is 0 Å². The quantitative estimate of drug-likeness (QED) is 0.403. The van der Waals surface area contributed by atoms with Gasteiger partial charge in [0.2, 0.25) is 0 Å². The highest BCUT2D eigenvalue weighted by molar-refractivity contribution is 7.11. The Morgan fingerprint density at radius 1 is 1.17 bits per heavy atom. The molecule has 0 bridgehead atoms. The number of hydrogen-bond donors (Lipinski definition) is 1. The van der Waals surface area contributed by atoms with Crippen LogP contribution in [0.15, 0.2) is 12.1 Å². The fraction of sp³-hybridized carbons (Fsp3) is 0.833. The molecule has 1 nitrogen and oxygen atoms in total. The zero-order valence-corrected chi connectivity index (χ0v) is 18.8. The first-order valence-corrected chi connectivity index (χ1v) is 12.4. The van der Waals surface area contributed by atoms with Crippen molar-refractivity contribution in [2.75, 3.05) is 0 Å². The monoisotopic (exact) mass is 430 g/mol. The Labute approximate surface area is 178 Å². The third kappa shape index (κ3) is 5.58. The van der Waals surface area contributed by atoms with Crippen molar-refractivity contribution in [3.05, 3.63) is 21.9 Å². The van der Waals surface area contributed by atoms with Crippen LogP contribution in [0.3, 0.4) is 0 Å². The lowest BCUT2D eigenvalue weighted by Gasteiger charge is -2.45. The van der Waals surface area contributed by atoms with Crippen LogP contribution in [0.2, 0.25) is 0 Å². The second-order valence-corrected chi connectivity index (χ2v) is 10.9. The van der Waals surface area contributed by atoms with Gasteiger partial charge in [-0.25, -0.2) is 0 Å². The lowest BCUT2D eigenvalue weighted by atomic mass is 9.62. The number of hydrogen-bond acceptors (Lipinski definition) is 2. The number of aliphatic hydroxyl groups excluding tert-OH is 1. The van der Waals surface area contributed by atoms with E-state index in [0.29, 0.717) is 25.7 Å². The molecule has 2 fully saturated rings. The van der Waals surface area contributed by atoms with Gasteiger partial charge in [-0.3, -0.25) is 0 Å². The minimum absolute atomic E-state index is 0.0529. The Bertz CT molecular complexity index is 629. The number of rotatable bonds is 10. The number of aryl methyl sites for hydroxylation is 2. The Kier molecular flexibility index (Phi) is 7.75. The summed E-state index contributed by atoms with van der Waals surface area (Å²) in [6.07, 6.45) is 5.74. The van der Waals surface area contributed by atoms with Gasteiger partial charge >= 0.3 is 6.18 Å². The predicted molar refractivity (Wildman–Crippen MR) is 114 cm³/mol. The number of halogens is 3. The predicted octanol–water partition coefficient (Wildman–Crippen LogP) is 7.70. The minimum Gasteiger partial charge on any atom is -0.393 e. The van der Waals surface area contributed by atoms with Gasteiger partial charge in [0.25, 0.3) is 0 Å². The molecule has 2 aliphatic carbocycles. The smallest absolute Gasteiger partial charge is 0.392 e. The molecule has 29 heavy (non-hydrogen) atoms. The molecule has 0 amide bonds. The van der Waals surface area contributed by atoms with Crippen LogP contribution in [0.4, 0.5) is 13.2 Å². The Hall–Kier alpha value is -0.550. The highest BCUT2D eigenvalue weighted by Crippen LogP contribution is 2.51. The standard InChI is InChI=1S/C24H37F3OS/c1-3-23(15-6-16-23)22(28)10-5-9-20-18(12-14-21(20)24(25,26)27)7-4-8-19-13-11-17(2)29-19/h11,13,18,20-22,28H,3-10,12,14-16H2,1-2H3/t18-,20+,21?,22?/m0/s1. The van der Waals surface area contributed by atoms with Crippen LogP contribution in [-0.4, -0.2) is 17.4 Å². The lowest BCUT2D eigenvalue weighted by molar-refractivity contribution is -0.186. The van der Waals surface area contributed by atoms with Crippen LogP contribution in [-0.2, 0) is 6.42 Å². The molecule has 4 atom stereocenters. The van der Waals surface area contributed by atoms with Crippen LogP contribution < -0.4 is 0 Å². The first-order valence-electron chi connectivity index (χ1n) is 11.6. The Balaban J connectivity index is 1.52. The van der Waals surface area contributed by atoms with Gasteiger partial charge in [-0.2, -0.15) is 13.2 Å². The first-order chi connectivity index (χ1) is 13.7. The molecular formula is C24H37F3OS. The van der Waals surface area contributed by atoms with Crippen molar-refractivity contribution in [1.82, 2.24) is 0 Å². The van der Waals surface area contributed by atoms with Gasteiger partial charge < -0.3 is 5.11 Å². The molecule has 0 aromatic carbocycles. The molecule has 0 radical (unpaired) electrons. The molecule has 1 aromatic rings. The van der Waals surface area contributed by atoms with E-state index >= 15 is 0 Å². The van der Waals surface area contributed by atoms with E-state index in [0.717, 1.165) is 44.9 Å². The van der Waals surface area contributed by atoms with Gasteiger partial charge in [-0.15, -0.1) is 11.3 Å². The average Bonchev–Trinajstić information content (AvgIpc) is 3.21. The van der Waals surface area contributed by atoms with Gasteiger partial charge in [0.05, 0.1) is 12.0 Å². The van der Waals surface area contributed by atoms with Gasteiger partial charge in [0.15, 0.2) is 0 Å². The first kappa shape index (κ1) is 23.1. The molecule has 1 heterocycles. The molecule has 2 saturated carbocycles. The average molecular weight is 431 g/mol. The van der Waals surface area contributed by atoms with Gasteiger partial charge in [0.1, 0.15) is 0 Å². The fourth-order valence-corrected chi connectivity index (χ4v) is 6.85. The van der Waals surface area contributed by atoms with Crippen molar-refractivity contribution < 1.29 is 18.3 Å². The van der Waals surface area contributed by atoms with E-state index in [9.17, 15) is 18.3 Å². The molecule has 2 unspecified atom stereocenters. The summed E-state index contributed by atoms with van der Waals surface area (Å²) in [5, 5.41) is 10.6. The normalized spacial score (nSPS) is 27.7. The summed E-state index contributed by atoms with van der Waals surface area (Å²) in [7, 11) is 0. The maximum Gasteiger partial charge on any atom is 0.392 e. The second-order valence-electron chi connectivity index (χ2n) is 9.57. The third-order valence-corrected chi connectivity index (χ3v) is 9.02. The molecule has 166 valence electrons. The second kappa shape index (κ2) is 9.72. The molecule has 0 spiro atoms. The fourth-order valence-electron chi connectivity index (χ4n) is 5.92. The summed E-state index contributed by atoms with van der Waals surface area (Å²) in [4.78, 5) is 2.64. The van der Waals surface area contributed by atoms with Crippen LogP contribution in [0.1, 0.15) is 87.3 Å². The largest absolute Gasteiger partial charge is 0.393 e. The maximum absolute atomic E-state index is 13.6. The number of thiophene rings is 1. The van der Waals surface area contributed by atoms with Crippen LogP contribution >= 0.6 is 11.3 Å². The van der Waals surface area contributed by atoms with Crippen molar-refractivity contribution in [2.45, 2.75) is 103 Å². The molecule has 0 aliphatic heterocycles. The van der Waals surface area contributed by atoms with E-state index in [2.05, 4.69) is 26.0 Å². The van der Waals surface area contributed by atoms with E-state index in [4.69, 9.17) is 0 Å². The van der Waals surface area contributed by atoms with E-state index < -0.39 is 12.1 Å². The van der Waals surface area contributed by atoms with Crippen molar-refractivity contribution >= 4 is 11.3 Å². The number of aliphatic hydroxyl groups is 1. The lowest BCUT2D eigenvalue weighted by Crippen LogP contribution is -2.40. The summed E-state index contributed by atoms with van der Waals surface area (Å²) in [5.74, 6) is -1.22. The van der Waals surface area contributed by atoms with Crippen molar-refractivity contribution in [3.63, 3.8) is 0 Å². The van der Waals surface area contributed by atoms with Gasteiger partial charge in [0, 0.05) is 9.75 Å². The molecular weight excluding hydrogens is 393 g/mol. The zero-order valence-electron chi connectivity index (χ0n) is 17.9. The van der Waals surface area contributed by atoms with E-state index in [1.54, 1.807) is 11.3 Å². The zero-order chi connectivity index (χ0) is 21.1. The minimum atomic E-state index is -4.08. The summed E-state index contributed by atoms with van der Waals surface area (Å²) in [6.45, 7) is 4.22. The highest BCUT2D eigenvalue weighted by Gasteiger charge is 2.50. The molecule has 0 saturated heterocycles. The summed E-state index contributed by atoms with van der Waals surface area (Å²) >= 11 is 1.80. The van der Waals surface area contributed by atoms with Gasteiger partial charge in [-0.1, -0.05) is 19.8 Å². The molecule has 5 heteroatoms. The summed E-state index contributed by atoms with van der Waals surface area (Å²) < 4.78 is 40.9. The van der Waals surface area contributed by atoms with E-state index in [1.165, 1.54) is 16.2 Å². The molecule has 1 aromatic heterocycles. The SMILES string of the molecule is CCC1(C(O)CCC[C@H]2C(C(F)(F)F)CC[C@@H]2CCCc2ccc(C)s2)CCC1. The molecule has 2 aliphatic rings. The highest BCUT2D eigenvalue weighted by atomic mass is 32.1. The topological polar surface area (TPSA) is 20.2 Å². The Morgan fingerprint density at radius 2 is 1.93 bits per heavy atom. The van der Waals surface area contributed by atoms with Crippen molar-refractivity contribution in [2.24, 2.45) is 23.2 Å². The van der Waals surface area contributed by atoms with Crippen LogP contribution in [0.5, 0.6) is 0 Å². The summed E-state index contributed by atoms with van der Waals surface area (Å²) in [5.41, 5.74) is 0.0529. The molecule has 3 rings (SSSR count). The van der Waals surface area contributed by atoms with Crippen molar-refractivity contribution in [1.29, 1.82) is 0 Å². The maximum atomic E-state index is 13.6. The van der Waals surface area contributed by atoms with E-state index in [-0.39, 0.29) is 23.4 Å². The van der Waals surface area contributed by atoms with Crippen LogP contribution in [0, 0.1) is 30.1 Å². The third-order valence-electron chi connectivity index (χ3n) is 7.96. The number of alkyl halides is 3. The van der Waals surface area contributed by atoms with Crippen molar-refractivity contribution in [3.8, 4) is 0 Å².